The van der Waals surface area contributed by atoms with Gasteiger partial charge in [0.05, 0.1) is 11.8 Å². The second kappa shape index (κ2) is 12.1. The molecule has 2 aliphatic carbocycles. The van der Waals surface area contributed by atoms with Crippen LogP contribution in [0.1, 0.15) is 97.3 Å². The number of alkyl halides is 4. The first kappa shape index (κ1) is 34.7. The second-order valence-electron chi connectivity index (χ2n) is 14.5. The number of carbonyl (C=O) groups is 1. The third-order valence-electron chi connectivity index (χ3n) is 9.63. The number of rotatable bonds is 8. The predicted octanol–water partition coefficient (Wildman–Crippen LogP) is 8.52. The number of halogens is 5. The van der Waals surface area contributed by atoms with E-state index in [-0.39, 0.29) is 35.7 Å². The van der Waals surface area contributed by atoms with Gasteiger partial charge >= 0.3 is 12.3 Å². The molecule has 1 amide bonds. The number of nitrogens with zero attached hydrogens (tertiary/aromatic N) is 4. The average molecular weight is 665 g/mol. The van der Waals surface area contributed by atoms with Crippen LogP contribution in [0.25, 0.3) is 11.1 Å². The number of fused-ring (bicyclic) bond motifs is 2. The van der Waals surface area contributed by atoms with Gasteiger partial charge in [0.25, 0.3) is 5.89 Å². The Kier molecular flexibility index (Phi) is 8.96. The SMILES string of the molecule is CC(C)(O)c1ccc(-c2cc(N(CC3CCC4(c5noc(C(C)(C)F)n5)CCCC3C4)C(=O)OC(C)(C)C(F)(F)F)ncc2F)cc1. The minimum atomic E-state index is -4.84. The summed E-state index contributed by atoms with van der Waals surface area (Å²) in [5.41, 5.74) is -5.06. The third-order valence-corrected chi connectivity index (χ3v) is 9.63. The maximum absolute atomic E-state index is 15.1. The molecule has 5 rings (SSSR count). The molecule has 2 saturated carbocycles. The lowest BCUT2D eigenvalue weighted by Gasteiger charge is -2.48. The van der Waals surface area contributed by atoms with E-state index in [1.54, 1.807) is 38.1 Å². The highest BCUT2D eigenvalue weighted by Crippen LogP contribution is 2.52. The second-order valence-corrected chi connectivity index (χ2v) is 14.5. The zero-order chi connectivity index (χ0) is 34.6. The van der Waals surface area contributed by atoms with Crippen LogP contribution in [0.15, 0.2) is 41.1 Å². The van der Waals surface area contributed by atoms with Crippen LogP contribution in [-0.2, 0) is 21.4 Å². The summed E-state index contributed by atoms with van der Waals surface area (Å²) in [6.07, 6.45) is -0.958. The van der Waals surface area contributed by atoms with Crippen molar-refractivity contribution in [2.75, 3.05) is 11.4 Å². The molecule has 2 fully saturated rings. The lowest BCUT2D eigenvalue weighted by Crippen LogP contribution is -2.50. The van der Waals surface area contributed by atoms with Gasteiger partial charge in [0.2, 0.25) is 5.60 Å². The van der Waals surface area contributed by atoms with Gasteiger partial charge in [-0.2, -0.15) is 18.2 Å². The van der Waals surface area contributed by atoms with Crippen molar-refractivity contribution in [1.29, 1.82) is 0 Å². The molecule has 0 saturated heterocycles. The molecule has 3 atom stereocenters. The van der Waals surface area contributed by atoms with Gasteiger partial charge in [-0.05, 0) is 96.3 Å². The third kappa shape index (κ3) is 7.14. The maximum atomic E-state index is 15.1. The molecule has 1 aromatic carbocycles. The van der Waals surface area contributed by atoms with E-state index in [2.05, 4.69) is 15.1 Å². The molecule has 2 aliphatic rings. The van der Waals surface area contributed by atoms with Crippen molar-refractivity contribution in [3.05, 3.63) is 59.6 Å². The molecule has 0 aliphatic heterocycles. The fraction of sp³-hybridized carbons (Fsp3) is 0.588. The number of ether oxygens (including phenoxy) is 1. The van der Waals surface area contributed by atoms with Crippen LogP contribution in [0.2, 0.25) is 0 Å². The van der Waals surface area contributed by atoms with E-state index in [1.165, 1.54) is 19.9 Å². The Morgan fingerprint density at radius 2 is 1.74 bits per heavy atom. The standard InChI is InChI=1S/C34H41F5N4O4/c1-30(2,36)28-41-27(42-47-28)33-14-7-8-21(17-33)22(13-15-33)19-43(29(44)46-32(5,6)34(37,38)39)26-16-24(25(35)18-40-26)20-9-11-23(12-10-20)31(3,4)45/h9-12,16,18,21-22,45H,7-8,13-15,17,19H2,1-6H3. The highest BCUT2D eigenvalue weighted by atomic mass is 19.4. The lowest BCUT2D eigenvalue weighted by atomic mass is 9.58. The number of benzene rings is 1. The van der Waals surface area contributed by atoms with Crippen LogP contribution in [0.5, 0.6) is 0 Å². The molecule has 3 unspecified atom stereocenters. The predicted molar refractivity (Wildman–Crippen MR) is 164 cm³/mol. The maximum Gasteiger partial charge on any atom is 0.427 e. The minimum absolute atomic E-state index is 0.0156. The van der Waals surface area contributed by atoms with Crippen molar-refractivity contribution in [2.45, 2.75) is 109 Å². The van der Waals surface area contributed by atoms with Crippen LogP contribution in [0.4, 0.5) is 32.6 Å². The van der Waals surface area contributed by atoms with Crippen molar-refractivity contribution in [3.8, 4) is 11.1 Å². The number of hydrogen-bond donors (Lipinski definition) is 1. The number of carbonyl (C=O) groups excluding carboxylic acids is 1. The summed E-state index contributed by atoms with van der Waals surface area (Å²) in [4.78, 5) is 23.2. The molecule has 13 heteroatoms. The number of amides is 1. The molecule has 2 aromatic heterocycles. The largest absolute Gasteiger partial charge is 0.433 e. The highest BCUT2D eigenvalue weighted by Gasteiger charge is 2.52. The molecule has 8 nitrogen and oxygen atoms in total. The van der Waals surface area contributed by atoms with E-state index in [1.807, 2.05) is 0 Å². The lowest BCUT2D eigenvalue weighted by molar-refractivity contribution is -0.243. The number of aliphatic hydroxyl groups is 1. The normalized spacial score (nSPS) is 22.2. The van der Waals surface area contributed by atoms with E-state index < -0.39 is 40.4 Å². The fourth-order valence-corrected chi connectivity index (χ4v) is 6.65. The number of anilines is 1. The van der Waals surface area contributed by atoms with Crippen molar-refractivity contribution in [3.63, 3.8) is 0 Å². The van der Waals surface area contributed by atoms with Gasteiger partial charge in [-0.25, -0.2) is 18.6 Å². The molecule has 3 aromatic rings. The Bertz CT molecular complexity index is 1590. The fourth-order valence-electron chi connectivity index (χ4n) is 6.65. The monoisotopic (exact) mass is 664 g/mol. The molecule has 256 valence electrons. The number of pyridine rings is 1. The topological polar surface area (TPSA) is 102 Å². The molecule has 0 radical (unpaired) electrons. The van der Waals surface area contributed by atoms with Gasteiger partial charge in [-0.3, -0.25) is 4.90 Å². The first-order valence-corrected chi connectivity index (χ1v) is 15.8. The molecule has 2 heterocycles. The Balaban J connectivity index is 1.46. The van der Waals surface area contributed by atoms with E-state index in [4.69, 9.17) is 9.26 Å². The first-order chi connectivity index (χ1) is 21.7. The summed E-state index contributed by atoms with van der Waals surface area (Å²) in [6.45, 7) is 7.44. The van der Waals surface area contributed by atoms with Gasteiger partial charge in [0.1, 0.15) is 11.6 Å². The summed E-state index contributed by atoms with van der Waals surface area (Å²) in [5, 5.41) is 14.4. The van der Waals surface area contributed by atoms with Crippen LogP contribution >= 0.6 is 0 Å². The van der Waals surface area contributed by atoms with Gasteiger partial charge in [0.15, 0.2) is 11.5 Å². The molecular formula is C34H41F5N4O4. The van der Waals surface area contributed by atoms with Gasteiger partial charge < -0.3 is 14.4 Å². The van der Waals surface area contributed by atoms with E-state index in [9.17, 15) is 27.5 Å². The summed E-state index contributed by atoms with van der Waals surface area (Å²) in [6, 6.07) is 7.84. The van der Waals surface area contributed by atoms with Crippen LogP contribution in [0.3, 0.4) is 0 Å². The van der Waals surface area contributed by atoms with E-state index >= 15 is 4.39 Å². The number of hydrogen-bond acceptors (Lipinski definition) is 7. The van der Waals surface area contributed by atoms with Gasteiger partial charge in [0, 0.05) is 17.5 Å². The average Bonchev–Trinajstić information content (AvgIpc) is 3.49. The summed E-state index contributed by atoms with van der Waals surface area (Å²) in [5.74, 6) is -0.519. The Hall–Kier alpha value is -3.61. The zero-order valence-corrected chi connectivity index (χ0v) is 27.4. The highest BCUT2D eigenvalue weighted by molar-refractivity contribution is 5.88. The van der Waals surface area contributed by atoms with Crippen LogP contribution in [-0.4, -0.2) is 44.6 Å². The van der Waals surface area contributed by atoms with Crippen molar-refractivity contribution < 1.29 is 41.1 Å². The molecular weight excluding hydrogens is 623 g/mol. The van der Waals surface area contributed by atoms with E-state index in [0.717, 1.165) is 44.2 Å². The first-order valence-electron chi connectivity index (χ1n) is 15.8. The molecule has 1 N–H and O–H groups in total. The van der Waals surface area contributed by atoms with Crippen LogP contribution in [0, 0.1) is 17.7 Å². The Morgan fingerprint density at radius 1 is 1.06 bits per heavy atom. The van der Waals surface area contributed by atoms with Crippen molar-refractivity contribution >= 4 is 11.9 Å². The quantitative estimate of drug-likeness (QED) is 0.241. The molecule has 0 spiro atoms. The summed E-state index contributed by atoms with van der Waals surface area (Å²) >= 11 is 0. The number of aromatic nitrogens is 3. The molecule has 2 bridgehead atoms. The van der Waals surface area contributed by atoms with E-state index in [0.29, 0.717) is 36.2 Å². The summed E-state index contributed by atoms with van der Waals surface area (Å²) in [7, 11) is 0. The van der Waals surface area contributed by atoms with Gasteiger partial charge in [-0.15, -0.1) is 0 Å². The van der Waals surface area contributed by atoms with Crippen molar-refractivity contribution in [2.24, 2.45) is 11.8 Å². The Labute approximate surface area is 270 Å². The molecule has 47 heavy (non-hydrogen) atoms. The zero-order valence-electron chi connectivity index (χ0n) is 27.4. The minimum Gasteiger partial charge on any atom is -0.433 e. The van der Waals surface area contributed by atoms with Crippen molar-refractivity contribution in [1.82, 2.24) is 15.1 Å². The Morgan fingerprint density at radius 3 is 2.34 bits per heavy atom. The smallest absolute Gasteiger partial charge is 0.427 e. The summed E-state index contributed by atoms with van der Waals surface area (Å²) < 4.78 is 81.4. The van der Waals surface area contributed by atoms with Crippen LogP contribution < -0.4 is 4.90 Å². The van der Waals surface area contributed by atoms with Gasteiger partial charge in [-0.1, -0.05) is 42.3 Å².